The van der Waals surface area contributed by atoms with Crippen molar-refractivity contribution in [3.63, 3.8) is 0 Å². The van der Waals surface area contributed by atoms with Crippen molar-refractivity contribution in [1.82, 2.24) is 9.88 Å². The lowest BCUT2D eigenvalue weighted by Crippen LogP contribution is -2.35. The number of aromatic nitrogens is 1. The van der Waals surface area contributed by atoms with E-state index in [1.807, 2.05) is 67.6 Å². The lowest BCUT2D eigenvalue weighted by atomic mass is 9.98. The van der Waals surface area contributed by atoms with Crippen molar-refractivity contribution in [2.45, 2.75) is 19.6 Å². The molecule has 2 amide bonds. The molecule has 1 atom stereocenters. The normalized spacial score (nSPS) is 11.7. The Hall–Kier alpha value is -2.89. The fourth-order valence-electron chi connectivity index (χ4n) is 3.13. The van der Waals surface area contributed by atoms with Gasteiger partial charge in [-0.15, -0.1) is 0 Å². The van der Waals surface area contributed by atoms with Crippen LogP contribution in [0.1, 0.15) is 29.7 Å². The van der Waals surface area contributed by atoms with Crippen LogP contribution in [0.5, 0.6) is 0 Å². The molecule has 0 unspecified atom stereocenters. The minimum absolute atomic E-state index is 0.217. The van der Waals surface area contributed by atoms with E-state index in [2.05, 4.69) is 10.3 Å². The number of anilines is 1. The molecule has 0 bridgehead atoms. The molecule has 0 aliphatic heterocycles. The van der Waals surface area contributed by atoms with Gasteiger partial charge in [-0.2, -0.15) is 0 Å². The zero-order chi connectivity index (χ0) is 20.6. The molecule has 0 fully saturated rings. The van der Waals surface area contributed by atoms with E-state index in [0.717, 1.165) is 22.4 Å². The van der Waals surface area contributed by atoms with Gasteiger partial charge < -0.3 is 15.0 Å². The van der Waals surface area contributed by atoms with Crippen molar-refractivity contribution in [3.8, 4) is 0 Å². The van der Waals surface area contributed by atoms with Gasteiger partial charge in [-0.05, 0) is 48.4 Å². The first kappa shape index (κ1) is 20.8. The lowest BCUT2D eigenvalue weighted by molar-refractivity contribution is 0.134. The number of benzene rings is 2. The summed E-state index contributed by atoms with van der Waals surface area (Å²) in [6.45, 7) is 3.00. The SMILES string of the molecule is CCOCc1ccccc1NC(=O)N(C)[C@H](c1ccncc1)c1ccc(Cl)cc1. The number of halogens is 1. The van der Waals surface area contributed by atoms with E-state index in [9.17, 15) is 4.79 Å². The number of nitrogens with zero attached hydrogens (tertiary/aromatic N) is 2. The summed E-state index contributed by atoms with van der Waals surface area (Å²) in [4.78, 5) is 18.9. The van der Waals surface area contributed by atoms with Gasteiger partial charge in [0.15, 0.2) is 0 Å². The Kier molecular flexibility index (Phi) is 7.22. The van der Waals surface area contributed by atoms with Crippen LogP contribution in [-0.2, 0) is 11.3 Å². The molecule has 0 saturated carbocycles. The molecule has 0 aliphatic carbocycles. The number of ether oxygens (including phenoxy) is 1. The average molecular weight is 410 g/mol. The Labute approximate surface area is 176 Å². The molecule has 3 rings (SSSR count). The number of para-hydroxylation sites is 1. The average Bonchev–Trinajstić information content (AvgIpc) is 2.75. The molecule has 3 aromatic rings. The Balaban J connectivity index is 1.87. The van der Waals surface area contributed by atoms with Crippen LogP contribution in [0.15, 0.2) is 73.1 Å². The van der Waals surface area contributed by atoms with Gasteiger partial charge >= 0.3 is 6.03 Å². The smallest absolute Gasteiger partial charge is 0.322 e. The standard InChI is InChI=1S/C23H24ClN3O2/c1-3-29-16-19-6-4-5-7-21(19)26-23(28)27(2)22(18-12-14-25-15-13-18)17-8-10-20(24)11-9-17/h4-15,22H,3,16H2,1-2H3,(H,26,28)/t22-/m0/s1. The number of pyridine rings is 1. The van der Waals surface area contributed by atoms with Crippen LogP contribution in [0, 0.1) is 0 Å². The number of nitrogens with one attached hydrogen (secondary N) is 1. The first-order valence-electron chi connectivity index (χ1n) is 9.45. The number of carbonyl (C=O) groups is 1. The molecule has 0 spiro atoms. The largest absolute Gasteiger partial charge is 0.377 e. The number of hydrogen-bond donors (Lipinski definition) is 1. The van der Waals surface area contributed by atoms with Crippen molar-refractivity contribution < 1.29 is 9.53 Å². The predicted molar refractivity (Wildman–Crippen MR) is 116 cm³/mol. The summed E-state index contributed by atoms with van der Waals surface area (Å²) in [7, 11) is 1.78. The molecule has 0 saturated heterocycles. The van der Waals surface area contributed by atoms with Crippen molar-refractivity contribution in [3.05, 3.63) is 94.8 Å². The summed E-state index contributed by atoms with van der Waals surface area (Å²) >= 11 is 6.06. The fraction of sp³-hybridized carbons (Fsp3) is 0.217. The third-order valence-electron chi connectivity index (χ3n) is 4.64. The maximum absolute atomic E-state index is 13.1. The summed E-state index contributed by atoms with van der Waals surface area (Å²) < 4.78 is 5.52. The van der Waals surface area contributed by atoms with Gasteiger partial charge in [-0.3, -0.25) is 4.98 Å². The van der Waals surface area contributed by atoms with Crippen molar-refractivity contribution >= 4 is 23.3 Å². The molecule has 29 heavy (non-hydrogen) atoms. The minimum Gasteiger partial charge on any atom is -0.377 e. The Morgan fingerprint density at radius 2 is 1.72 bits per heavy atom. The molecular weight excluding hydrogens is 386 g/mol. The molecular formula is C23H24ClN3O2. The van der Waals surface area contributed by atoms with E-state index < -0.39 is 0 Å². The second kappa shape index (κ2) is 10.0. The van der Waals surface area contributed by atoms with Gasteiger partial charge in [0.1, 0.15) is 0 Å². The molecule has 0 aliphatic rings. The number of urea groups is 1. The van der Waals surface area contributed by atoms with E-state index in [0.29, 0.717) is 18.2 Å². The van der Waals surface area contributed by atoms with Crippen LogP contribution in [-0.4, -0.2) is 29.6 Å². The summed E-state index contributed by atoms with van der Waals surface area (Å²) in [6, 6.07) is 18.5. The highest BCUT2D eigenvalue weighted by molar-refractivity contribution is 6.30. The highest BCUT2D eigenvalue weighted by atomic mass is 35.5. The van der Waals surface area contributed by atoms with E-state index >= 15 is 0 Å². The maximum atomic E-state index is 13.1. The first-order chi connectivity index (χ1) is 14.1. The third kappa shape index (κ3) is 5.34. The second-order valence-corrected chi connectivity index (χ2v) is 7.01. The summed E-state index contributed by atoms with van der Waals surface area (Å²) in [5.41, 5.74) is 3.59. The maximum Gasteiger partial charge on any atom is 0.322 e. The predicted octanol–water partition coefficient (Wildman–Crippen LogP) is 5.52. The number of amides is 2. The molecule has 2 aromatic carbocycles. The van der Waals surface area contributed by atoms with Crippen LogP contribution >= 0.6 is 11.6 Å². The number of hydrogen-bond acceptors (Lipinski definition) is 3. The Morgan fingerprint density at radius 3 is 2.41 bits per heavy atom. The van der Waals surface area contributed by atoms with Crippen molar-refractivity contribution in [2.75, 3.05) is 19.0 Å². The highest BCUT2D eigenvalue weighted by Crippen LogP contribution is 2.29. The topological polar surface area (TPSA) is 54.5 Å². The van der Waals surface area contributed by atoms with E-state index in [1.54, 1.807) is 24.3 Å². The van der Waals surface area contributed by atoms with Gasteiger partial charge in [-0.1, -0.05) is 41.9 Å². The monoisotopic (exact) mass is 409 g/mol. The lowest BCUT2D eigenvalue weighted by Gasteiger charge is -2.29. The van der Waals surface area contributed by atoms with Crippen LogP contribution in [0.2, 0.25) is 5.02 Å². The van der Waals surface area contributed by atoms with Crippen LogP contribution in [0.4, 0.5) is 10.5 Å². The molecule has 150 valence electrons. The zero-order valence-electron chi connectivity index (χ0n) is 16.5. The van der Waals surface area contributed by atoms with E-state index in [1.165, 1.54) is 0 Å². The highest BCUT2D eigenvalue weighted by Gasteiger charge is 2.24. The number of rotatable bonds is 7. The van der Waals surface area contributed by atoms with E-state index in [-0.39, 0.29) is 12.1 Å². The van der Waals surface area contributed by atoms with Crippen molar-refractivity contribution in [2.24, 2.45) is 0 Å². The quantitative estimate of drug-likeness (QED) is 0.558. The molecule has 6 heteroatoms. The summed E-state index contributed by atoms with van der Waals surface area (Å²) in [5, 5.41) is 3.67. The minimum atomic E-state index is -0.283. The van der Waals surface area contributed by atoms with Gasteiger partial charge in [-0.25, -0.2) is 4.79 Å². The Bertz CT molecular complexity index is 932. The molecule has 5 nitrogen and oxygen atoms in total. The third-order valence-corrected chi connectivity index (χ3v) is 4.89. The summed E-state index contributed by atoms with van der Waals surface area (Å²) in [6.07, 6.45) is 3.45. The molecule has 0 radical (unpaired) electrons. The summed E-state index contributed by atoms with van der Waals surface area (Å²) in [5.74, 6) is 0. The van der Waals surface area contributed by atoms with Crippen molar-refractivity contribution in [1.29, 1.82) is 0 Å². The Morgan fingerprint density at radius 1 is 1.07 bits per heavy atom. The second-order valence-electron chi connectivity index (χ2n) is 6.57. The van der Waals surface area contributed by atoms with Gasteiger partial charge in [0, 0.05) is 42.3 Å². The van der Waals surface area contributed by atoms with Gasteiger partial charge in [0.2, 0.25) is 0 Å². The van der Waals surface area contributed by atoms with E-state index in [4.69, 9.17) is 16.3 Å². The molecule has 1 aromatic heterocycles. The van der Waals surface area contributed by atoms with Crippen LogP contribution in [0.25, 0.3) is 0 Å². The van der Waals surface area contributed by atoms with Crippen LogP contribution in [0.3, 0.4) is 0 Å². The molecule has 1 heterocycles. The number of carbonyl (C=O) groups excluding carboxylic acids is 1. The fourth-order valence-corrected chi connectivity index (χ4v) is 3.26. The van der Waals surface area contributed by atoms with Gasteiger partial charge in [0.25, 0.3) is 0 Å². The van der Waals surface area contributed by atoms with Gasteiger partial charge in [0.05, 0.1) is 12.6 Å². The zero-order valence-corrected chi connectivity index (χ0v) is 17.3. The first-order valence-corrected chi connectivity index (χ1v) is 9.82. The molecule has 1 N–H and O–H groups in total. The van der Waals surface area contributed by atoms with Crippen LogP contribution < -0.4 is 5.32 Å².